The zero-order valence-electron chi connectivity index (χ0n) is 14.9. The summed E-state index contributed by atoms with van der Waals surface area (Å²) in [4.78, 5) is 0. The Kier molecular flexibility index (Phi) is 4.20. The molecule has 0 radical (unpaired) electrons. The van der Waals surface area contributed by atoms with Crippen LogP contribution < -0.4 is 0 Å². The van der Waals surface area contributed by atoms with E-state index in [4.69, 9.17) is 0 Å². The van der Waals surface area contributed by atoms with Gasteiger partial charge in [-0.2, -0.15) is 0 Å². The lowest BCUT2D eigenvalue weighted by molar-refractivity contribution is 0.379. The van der Waals surface area contributed by atoms with Gasteiger partial charge >= 0.3 is 0 Å². The SMILES string of the molecule is CC(C)C1CCCn2c1cc(-c1ccc(F)cc1)c2-c1ccccc1. The van der Waals surface area contributed by atoms with Gasteiger partial charge in [0.15, 0.2) is 0 Å². The van der Waals surface area contributed by atoms with Gasteiger partial charge in [-0.15, -0.1) is 0 Å². The van der Waals surface area contributed by atoms with Crippen molar-refractivity contribution in [2.45, 2.75) is 39.2 Å². The van der Waals surface area contributed by atoms with Crippen molar-refractivity contribution in [2.75, 3.05) is 0 Å². The van der Waals surface area contributed by atoms with E-state index >= 15 is 0 Å². The predicted molar refractivity (Wildman–Crippen MR) is 102 cm³/mol. The van der Waals surface area contributed by atoms with Crippen LogP contribution in [0.1, 0.15) is 38.3 Å². The summed E-state index contributed by atoms with van der Waals surface area (Å²) in [5.74, 6) is 1.03. The fraction of sp³-hybridized carbons (Fsp3) is 0.304. The third-order valence-corrected chi connectivity index (χ3v) is 5.41. The predicted octanol–water partition coefficient (Wildman–Crippen LogP) is 6.49. The van der Waals surface area contributed by atoms with E-state index in [0.717, 1.165) is 12.1 Å². The van der Waals surface area contributed by atoms with Crippen molar-refractivity contribution in [2.24, 2.45) is 5.92 Å². The van der Waals surface area contributed by atoms with Crippen LogP contribution in [0.5, 0.6) is 0 Å². The minimum absolute atomic E-state index is 0.186. The van der Waals surface area contributed by atoms with Crippen molar-refractivity contribution in [1.82, 2.24) is 4.57 Å². The first-order chi connectivity index (χ1) is 12.1. The van der Waals surface area contributed by atoms with Crippen molar-refractivity contribution >= 4 is 0 Å². The lowest BCUT2D eigenvalue weighted by Crippen LogP contribution is -2.19. The maximum absolute atomic E-state index is 13.4. The van der Waals surface area contributed by atoms with Gasteiger partial charge in [0.2, 0.25) is 0 Å². The van der Waals surface area contributed by atoms with Crippen LogP contribution >= 0.6 is 0 Å². The molecular weight excluding hydrogens is 309 g/mol. The average Bonchev–Trinajstić information content (AvgIpc) is 3.02. The number of nitrogens with zero attached hydrogens (tertiary/aromatic N) is 1. The van der Waals surface area contributed by atoms with Gasteiger partial charge in [-0.1, -0.05) is 56.3 Å². The molecule has 1 aliphatic heterocycles. The lowest BCUT2D eigenvalue weighted by atomic mass is 9.86. The highest BCUT2D eigenvalue weighted by Gasteiger charge is 2.28. The molecule has 0 bridgehead atoms. The van der Waals surface area contributed by atoms with Gasteiger partial charge in [0, 0.05) is 23.7 Å². The molecule has 1 aliphatic rings. The molecule has 0 N–H and O–H groups in total. The summed E-state index contributed by atoms with van der Waals surface area (Å²) < 4.78 is 15.9. The zero-order chi connectivity index (χ0) is 17.4. The molecule has 0 saturated heterocycles. The van der Waals surface area contributed by atoms with Gasteiger partial charge in [-0.3, -0.25) is 0 Å². The molecule has 1 unspecified atom stereocenters. The number of benzene rings is 2. The molecule has 1 aromatic heterocycles. The number of halogens is 1. The van der Waals surface area contributed by atoms with E-state index in [1.54, 1.807) is 12.1 Å². The van der Waals surface area contributed by atoms with E-state index in [0.29, 0.717) is 11.8 Å². The van der Waals surface area contributed by atoms with Crippen LogP contribution in [-0.4, -0.2) is 4.57 Å². The largest absolute Gasteiger partial charge is 0.344 e. The summed E-state index contributed by atoms with van der Waals surface area (Å²) in [6, 6.07) is 19.8. The van der Waals surface area contributed by atoms with Crippen LogP contribution in [-0.2, 0) is 6.54 Å². The molecular formula is C23H24FN. The van der Waals surface area contributed by atoms with E-state index in [1.807, 2.05) is 12.1 Å². The van der Waals surface area contributed by atoms with E-state index in [9.17, 15) is 4.39 Å². The van der Waals surface area contributed by atoms with Crippen molar-refractivity contribution in [3.05, 3.63) is 72.2 Å². The summed E-state index contributed by atoms with van der Waals surface area (Å²) in [5, 5.41) is 0. The van der Waals surface area contributed by atoms with Crippen LogP contribution in [0, 0.1) is 11.7 Å². The number of fused-ring (bicyclic) bond motifs is 1. The molecule has 25 heavy (non-hydrogen) atoms. The van der Waals surface area contributed by atoms with Crippen molar-refractivity contribution in [3.63, 3.8) is 0 Å². The molecule has 0 aliphatic carbocycles. The topological polar surface area (TPSA) is 4.93 Å². The van der Waals surface area contributed by atoms with Gasteiger partial charge in [0.25, 0.3) is 0 Å². The van der Waals surface area contributed by atoms with Crippen LogP contribution in [0.2, 0.25) is 0 Å². The second-order valence-corrected chi connectivity index (χ2v) is 7.35. The second kappa shape index (κ2) is 6.51. The van der Waals surface area contributed by atoms with E-state index < -0.39 is 0 Å². The zero-order valence-corrected chi connectivity index (χ0v) is 14.9. The van der Waals surface area contributed by atoms with Crippen LogP contribution in [0.3, 0.4) is 0 Å². The first kappa shape index (κ1) is 16.1. The molecule has 1 atom stereocenters. The highest BCUT2D eigenvalue weighted by atomic mass is 19.1. The Balaban J connectivity index is 1.95. The van der Waals surface area contributed by atoms with Gasteiger partial charge in [0.1, 0.15) is 5.82 Å². The Hall–Kier alpha value is -2.35. The van der Waals surface area contributed by atoms with E-state index in [-0.39, 0.29) is 5.82 Å². The van der Waals surface area contributed by atoms with Crippen LogP contribution in [0.25, 0.3) is 22.4 Å². The third-order valence-electron chi connectivity index (χ3n) is 5.41. The summed E-state index contributed by atoms with van der Waals surface area (Å²) >= 11 is 0. The van der Waals surface area contributed by atoms with Crippen molar-refractivity contribution in [1.29, 1.82) is 0 Å². The highest BCUT2D eigenvalue weighted by molar-refractivity contribution is 5.83. The Morgan fingerprint density at radius 3 is 2.36 bits per heavy atom. The van der Waals surface area contributed by atoms with Crippen molar-refractivity contribution in [3.8, 4) is 22.4 Å². The monoisotopic (exact) mass is 333 g/mol. The molecule has 0 spiro atoms. The summed E-state index contributed by atoms with van der Waals surface area (Å²) in [5.41, 5.74) is 6.24. The lowest BCUT2D eigenvalue weighted by Gasteiger charge is -2.29. The molecule has 2 heteroatoms. The fourth-order valence-electron chi connectivity index (χ4n) is 4.17. The maximum Gasteiger partial charge on any atom is 0.123 e. The fourth-order valence-corrected chi connectivity index (χ4v) is 4.17. The molecule has 0 saturated carbocycles. The minimum atomic E-state index is -0.186. The highest BCUT2D eigenvalue weighted by Crippen LogP contribution is 2.43. The quantitative estimate of drug-likeness (QED) is 0.516. The Morgan fingerprint density at radius 2 is 1.68 bits per heavy atom. The molecule has 2 aromatic carbocycles. The Labute approximate surface area is 149 Å². The Bertz CT molecular complexity index is 859. The van der Waals surface area contributed by atoms with Gasteiger partial charge in [-0.25, -0.2) is 4.39 Å². The maximum atomic E-state index is 13.4. The molecule has 3 aromatic rings. The van der Waals surface area contributed by atoms with E-state index in [2.05, 4.69) is 54.8 Å². The third kappa shape index (κ3) is 2.90. The normalized spacial score (nSPS) is 16.9. The Morgan fingerprint density at radius 1 is 0.960 bits per heavy atom. The van der Waals surface area contributed by atoms with Crippen LogP contribution in [0.4, 0.5) is 4.39 Å². The molecule has 4 rings (SSSR count). The smallest absolute Gasteiger partial charge is 0.123 e. The second-order valence-electron chi connectivity index (χ2n) is 7.35. The standard InChI is InChI=1S/C23H24FN/c1-16(2)20-9-6-14-25-22(20)15-21(17-10-12-19(24)13-11-17)23(25)18-7-4-3-5-8-18/h3-5,7-8,10-13,15-16,20H,6,9,14H2,1-2H3. The van der Waals surface area contributed by atoms with Crippen molar-refractivity contribution < 1.29 is 4.39 Å². The van der Waals surface area contributed by atoms with Gasteiger partial charge < -0.3 is 4.57 Å². The number of hydrogen-bond acceptors (Lipinski definition) is 0. The van der Waals surface area contributed by atoms with Gasteiger partial charge in [0.05, 0.1) is 5.69 Å². The number of hydrogen-bond donors (Lipinski definition) is 0. The molecule has 0 fully saturated rings. The van der Waals surface area contributed by atoms with Gasteiger partial charge in [-0.05, 0) is 48.1 Å². The van der Waals surface area contributed by atoms with E-state index in [1.165, 1.54) is 35.4 Å². The first-order valence-electron chi connectivity index (χ1n) is 9.20. The minimum Gasteiger partial charge on any atom is -0.344 e. The molecule has 2 heterocycles. The first-order valence-corrected chi connectivity index (χ1v) is 9.20. The summed E-state index contributed by atoms with van der Waals surface area (Å²) in [7, 11) is 0. The summed E-state index contributed by atoms with van der Waals surface area (Å²) in [6.07, 6.45) is 2.46. The molecule has 0 amide bonds. The summed E-state index contributed by atoms with van der Waals surface area (Å²) in [6.45, 7) is 5.68. The average molecular weight is 333 g/mol. The van der Waals surface area contributed by atoms with Crippen LogP contribution in [0.15, 0.2) is 60.7 Å². The molecule has 128 valence electrons. The number of rotatable bonds is 3. The molecule has 1 nitrogen and oxygen atoms in total. The number of aromatic nitrogens is 1.